The predicted molar refractivity (Wildman–Crippen MR) is 63.1 cm³/mol. The lowest BCUT2D eigenvalue weighted by Crippen LogP contribution is -1.92. The number of aryl methyl sites for hydroxylation is 2. The molecule has 1 heterocycles. The van der Waals surface area contributed by atoms with Crippen molar-refractivity contribution in [2.24, 2.45) is 0 Å². The molecule has 0 aliphatic rings. The Bertz CT molecular complexity index is 426. The highest BCUT2D eigenvalue weighted by atomic mass is 35.5. The van der Waals surface area contributed by atoms with Gasteiger partial charge in [0.15, 0.2) is 0 Å². The molecule has 0 N–H and O–H groups in total. The topological polar surface area (TPSA) is 12.9 Å². The zero-order valence-electron chi connectivity index (χ0n) is 8.36. The predicted octanol–water partition coefficient (Wildman–Crippen LogP) is 3.52. The van der Waals surface area contributed by atoms with Gasteiger partial charge in [-0.1, -0.05) is 29.8 Å². The maximum Gasteiger partial charge on any atom is 0.0438 e. The lowest BCUT2D eigenvalue weighted by atomic mass is 10.1. The molecular formula is C13H12ClN. The summed E-state index contributed by atoms with van der Waals surface area (Å²) in [6.45, 7) is 0. The largest absolute Gasteiger partial charge is 0.265 e. The van der Waals surface area contributed by atoms with Crippen LogP contribution in [0.4, 0.5) is 0 Å². The second-order valence-corrected chi connectivity index (χ2v) is 3.85. The molecule has 0 saturated carbocycles. The van der Waals surface area contributed by atoms with E-state index in [1.165, 1.54) is 11.1 Å². The SMILES string of the molecule is Clc1ccccc1CCc1ccncc1. The molecule has 2 rings (SSSR count). The van der Waals surface area contributed by atoms with Crippen molar-refractivity contribution in [2.75, 3.05) is 0 Å². The van der Waals surface area contributed by atoms with Gasteiger partial charge in [-0.05, 0) is 42.2 Å². The summed E-state index contributed by atoms with van der Waals surface area (Å²) in [5.74, 6) is 0. The van der Waals surface area contributed by atoms with Crippen LogP contribution in [-0.2, 0) is 12.8 Å². The molecule has 0 radical (unpaired) electrons. The smallest absolute Gasteiger partial charge is 0.0438 e. The molecular weight excluding hydrogens is 206 g/mol. The maximum absolute atomic E-state index is 6.08. The van der Waals surface area contributed by atoms with Crippen molar-refractivity contribution in [2.45, 2.75) is 12.8 Å². The van der Waals surface area contributed by atoms with E-state index in [2.05, 4.69) is 11.1 Å². The van der Waals surface area contributed by atoms with Gasteiger partial charge in [-0.15, -0.1) is 0 Å². The van der Waals surface area contributed by atoms with Crippen LogP contribution in [0, 0.1) is 0 Å². The van der Waals surface area contributed by atoms with Crippen LogP contribution in [-0.4, -0.2) is 4.98 Å². The summed E-state index contributed by atoms with van der Waals surface area (Å²) in [6, 6.07) is 12.1. The number of aromatic nitrogens is 1. The van der Waals surface area contributed by atoms with Crippen molar-refractivity contribution in [3.05, 3.63) is 64.9 Å². The molecule has 15 heavy (non-hydrogen) atoms. The fourth-order valence-corrected chi connectivity index (χ4v) is 1.76. The average Bonchev–Trinajstić information content (AvgIpc) is 2.29. The molecule has 0 saturated heterocycles. The number of halogens is 1. The van der Waals surface area contributed by atoms with Gasteiger partial charge in [0.05, 0.1) is 0 Å². The van der Waals surface area contributed by atoms with E-state index in [-0.39, 0.29) is 0 Å². The molecule has 0 amide bonds. The molecule has 2 heteroatoms. The standard InChI is InChI=1S/C13H12ClN/c14-13-4-2-1-3-12(13)6-5-11-7-9-15-10-8-11/h1-4,7-10H,5-6H2. The second-order valence-electron chi connectivity index (χ2n) is 3.45. The van der Waals surface area contributed by atoms with Gasteiger partial charge in [-0.25, -0.2) is 0 Å². The Hall–Kier alpha value is -1.34. The molecule has 1 aromatic heterocycles. The zero-order valence-corrected chi connectivity index (χ0v) is 9.11. The lowest BCUT2D eigenvalue weighted by molar-refractivity contribution is 0.955. The second kappa shape index (κ2) is 4.94. The first-order valence-electron chi connectivity index (χ1n) is 4.98. The van der Waals surface area contributed by atoms with Gasteiger partial charge in [0, 0.05) is 17.4 Å². The molecule has 0 bridgehead atoms. The number of rotatable bonds is 3. The minimum Gasteiger partial charge on any atom is -0.265 e. The van der Waals surface area contributed by atoms with E-state index in [0.29, 0.717) is 0 Å². The first-order valence-corrected chi connectivity index (χ1v) is 5.36. The van der Waals surface area contributed by atoms with E-state index in [4.69, 9.17) is 11.6 Å². The van der Waals surface area contributed by atoms with Crippen molar-refractivity contribution in [1.29, 1.82) is 0 Å². The molecule has 0 spiro atoms. The third kappa shape index (κ3) is 2.80. The first kappa shape index (κ1) is 10.2. The van der Waals surface area contributed by atoms with Crippen LogP contribution in [0.15, 0.2) is 48.8 Å². The van der Waals surface area contributed by atoms with Gasteiger partial charge in [-0.3, -0.25) is 4.98 Å². The van der Waals surface area contributed by atoms with E-state index in [1.807, 2.05) is 42.7 Å². The maximum atomic E-state index is 6.08. The zero-order chi connectivity index (χ0) is 10.5. The normalized spacial score (nSPS) is 10.2. The third-order valence-corrected chi connectivity index (χ3v) is 2.76. The van der Waals surface area contributed by atoms with Gasteiger partial charge >= 0.3 is 0 Å². The van der Waals surface area contributed by atoms with Crippen molar-refractivity contribution >= 4 is 11.6 Å². The number of benzene rings is 1. The molecule has 1 aromatic carbocycles. The third-order valence-electron chi connectivity index (χ3n) is 2.39. The molecule has 2 aromatic rings. The van der Waals surface area contributed by atoms with E-state index in [0.717, 1.165) is 17.9 Å². The van der Waals surface area contributed by atoms with Gasteiger partial charge in [0.2, 0.25) is 0 Å². The Morgan fingerprint density at radius 1 is 0.933 bits per heavy atom. The molecule has 0 atom stereocenters. The molecule has 0 unspecified atom stereocenters. The van der Waals surface area contributed by atoms with E-state index >= 15 is 0 Å². The summed E-state index contributed by atoms with van der Waals surface area (Å²) in [5, 5.41) is 0.853. The fraction of sp³-hybridized carbons (Fsp3) is 0.154. The van der Waals surface area contributed by atoms with Crippen LogP contribution >= 0.6 is 11.6 Å². The van der Waals surface area contributed by atoms with Crippen molar-refractivity contribution in [3.8, 4) is 0 Å². The van der Waals surface area contributed by atoms with E-state index < -0.39 is 0 Å². The lowest BCUT2D eigenvalue weighted by Gasteiger charge is -2.03. The fourth-order valence-electron chi connectivity index (χ4n) is 1.53. The summed E-state index contributed by atoms with van der Waals surface area (Å²) in [4.78, 5) is 3.99. The minimum absolute atomic E-state index is 0.853. The van der Waals surface area contributed by atoms with Crippen LogP contribution < -0.4 is 0 Å². The van der Waals surface area contributed by atoms with E-state index in [9.17, 15) is 0 Å². The molecule has 0 aliphatic heterocycles. The minimum atomic E-state index is 0.853. The first-order chi connectivity index (χ1) is 7.36. The van der Waals surface area contributed by atoms with Crippen molar-refractivity contribution < 1.29 is 0 Å². The Labute approximate surface area is 94.7 Å². The molecule has 0 fully saturated rings. The Morgan fingerprint density at radius 3 is 2.40 bits per heavy atom. The quantitative estimate of drug-likeness (QED) is 0.767. The van der Waals surface area contributed by atoms with Crippen LogP contribution in [0.3, 0.4) is 0 Å². The van der Waals surface area contributed by atoms with Gasteiger partial charge in [0.25, 0.3) is 0 Å². The Morgan fingerprint density at radius 2 is 1.67 bits per heavy atom. The van der Waals surface area contributed by atoms with Gasteiger partial charge in [-0.2, -0.15) is 0 Å². The van der Waals surface area contributed by atoms with Crippen molar-refractivity contribution in [3.63, 3.8) is 0 Å². The van der Waals surface area contributed by atoms with Crippen LogP contribution in [0.1, 0.15) is 11.1 Å². The molecule has 0 aliphatic carbocycles. The van der Waals surface area contributed by atoms with Gasteiger partial charge in [0.1, 0.15) is 0 Å². The number of pyridine rings is 1. The van der Waals surface area contributed by atoms with Gasteiger partial charge < -0.3 is 0 Å². The monoisotopic (exact) mass is 217 g/mol. The number of hydrogen-bond donors (Lipinski definition) is 0. The van der Waals surface area contributed by atoms with E-state index in [1.54, 1.807) is 0 Å². The summed E-state index contributed by atoms with van der Waals surface area (Å²) in [5.41, 5.74) is 2.50. The summed E-state index contributed by atoms with van der Waals surface area (Å²) in [6.07, 6.45) is 5.62. The average molecular weight is 218 g/mol. The van der Waals surface area contributed by atoms with Crippen LogP contribution in [0.5, 0.6) is 0 Å². The highest BCUT2D eigenvalue weighted by molar-refractivity contribution is 6.31. The van der Waals surface area contributed by atoms with Crippen LogP contribution in [0.25, 0.3) is 0 Å². The highest BCUT2D eigenvalue weighted by Gasteiger charge is 1.99. The summed E-state index contributed by atoms with van der Waals surface area (Å²) < 4.78 is 0. The summed E-state index contributed by atoms with van der Waals surface area (Å²) >= 11 is 6.08. The Balaban J connectivity index is 2.03. The summed E-state index contributed by atoms with van der Waals surface area (Å²) in [7, 11) is 0. The number of hydrogen-bond acceptors (Lipinski definition) is 1. The molecule has 1 nitrogen and oxygen atoms in total. The van der Waals surface area contributed by atoms with Crippen LogP contribution in [0.2, 0.25) is 5.02 Å². The van der Waals surface area contributed by atoms with Crippen molar-refractivity contribution in [1.82, 2.24) is 4.98 Å². The highest BCUT2D eigenvalue weighted by Crippen LogP contribution is 2.16. The molecule has 76 valence electrons. The Kier molecular flexibility index (Phi) is 3.36. The number of nitrogens with zero attached hydrogens (tertiary/aromatic N) is 1.